The number of aryl methyl sites for hydroxylation is 1. The van der Waals surface area contributed by atoms with Crippen LogP contribution < -0.4 is 4.74 Å². The normalized spacial score (nSPS) is 11.9. The summed E-state index contributed by atoms with van der Waals surface area (Å²) in [6.07, 6.45) is -0.190. The van der Waals surface area contributed by atoms with Gasteiger partial charge in [-0.1, -0.05) is 48.5 Å². The van der Waals surface area contributed by atoms with Gasteiger partial charge in [0.2, 0.25) is 0 Å². The standard InChI is InChI=1S/C17H18O3/c1-20-16-10-6-5-9-14(16)17(19)15(18)12-11-13-7-3-2-4-8-13/h2-10,17,19H,11-12H2,1H3. The van der Waals surface area contributed by atoms with Crippen molar-refractivity contribution >= 4 is 5.78 Å². The number of hydrogen-bond acceptors (Lipinski definition) is 3. The van der Waals surface area contributed by atoms with Gasteiger partial charge < -0.3 is 9.84 Å². The Bertz CT molecular complexity index is 563. The zero-order chi connectivity index (χ0) is 14.4. The highest BCUT2D eigenvalue weighted by atomic mass is 16.5. The summed E-state index contributed by atoms with van der Waals surface area (Å²) in [6.45, 7) is 0. The van der Waals surface area contributed by atoms with E-state index in [2.05, 4.69) is 0 Å². The van der Waals surface area contributed by atoms with Gasteiger partial charge in [0, 0.05) is 12.0 Å². The van der Waals surface area contributed by atoms with Gasteiger partial charge in [0.15, 0.2) is 5.78 Å². The molecular formula is C17H18O3. The molecular weight excluding hydrogens is 252 g/mol. The van der Waals surface area contributed by atoms with Crippen LogP contribution in [0.4, 0.5) is 0 Å². The fourth-order valence-corrected chi connectivity index (χ4v) is 2.11. The van der Waals surface area contributed by atoms with Crippen molar-refractivity contribution in [2.24, 2.45) is 0 Å². The van der Waals surface area contributed by atoms with Gasteiger partial charge in [0.25, 0.3) is 0 Å². The second kappa shape index (κ2) is 6.87. The number of para-hydroxylation sites is 1. The fraction of sp³-hybridized carbons (Fsp3) is 0.235. The number of carbonyl (C=O) groups excluding carboxylic acids is 1. The summed E-state index contributed by atoms with van der Waals surface area (Å²) in [7, 11) is 1.53. The van der Waals surface area contributed by atoms with Crippen LogP contribution in [0.25, 0.3) is 0 Å². The van der Waals surface area contributed by atoms with E-state index in [0.717, 1.165) is 5.56 Å². The van der Waals surface area contributed by atoms with Crippen LogP contribution >= 0.6 is 0 Å². The molecule has 0 heterocycles. The fourth-order valence-electron chi connectivity index (χ4n) is 2.11. The molecule has 0 aliphatic heterocycles. The van der Waals surface area contributed by atoms with Crippen LogP contribution in [0.15, 0.2) is 54.6 Å². The maximum absolute atomic E-state index is 12.1. The molecule has 0 fully saturated rings. The number of aliphatic hydroxyl groups is 1. The minimum absolute atomic E-state index is 0.196. The Balaban J connectivity index is 2.02. The lowest BCUT2D eigenvalue weighted by Gasteiger charge is -2.13. The molecule has 1 atom stereocenters. The van der Waals surface area contributed by atoms with Crippen molar-refractivity contribution < 1.29 is 14.6 Å². The van der Waals surface area contributed by atoms with Crippen molar-refractivity contribution in [1.82, 2.24) is 0 Å². The Morgan fingerprint density at radius 1 is 1.10 bits per heavy atom. The van der Waals surface area contributed by atoms with Crippen molar-refractivity contribution in [1.29, 1.82) is 0 Å². The summed E-state index contributed by atoms with van der Waals surface area (Å²) in [5.74, 6) is 0.339. The minimum Gasteiger partial charge on any atom is -0.496 e. The molecule has 0 aromatic heterocycles. The Kier molecular flexibility index (Phi) is 4.91. The number of rotatable bonds is 6. The highest BCUT2D eigenvalue weighted by Crippen LogP contribution is 2.26. The Morgan fingerprint density at radius 2 is 1.75 bits per heavy atom. The van der Waals surface area contributed by atoms with E-state index in [1.54, 1.807) is 18.2 Å². The summed E-state index contributed by atoms with van der Waals surface area (Å²) in [5, 5.41) is 10.1. The van der Waals surface area contributed by atoms with Gasteiger partial charge in [-0.3, -0.25) is 4.79 Å². The predicted molar refractivity (Wildman–Crippen MR) is 77.7 cm³/mol. The van der Waals surface area contributed by atoms with Gasteiger partial charge in [-0.15, -0.1) is 0 Å². The summed E-state index contributed by atoms with van der Waals surface area (Å²) in [5.41, 5.74) is 1.61. The largest absolute Gasteiger partial charge is 0.496 e. The second-order valence-corrected chi connectivity index (χ2v) is 4.60. The number of carbonyl (C=O) groups is 1. The highest BCUT2D eigenvalue weighted by Gasteiger charge is 2.20. The third-order valence-corrected chi connectivity index (χ3v) is 3.24. The smallest absolute Gasteiger partial charge is 0.166 e. The number of Topliss-reactive ketones (excluding diaryl/α,β-unsaturated/α-hetero) is 1. The molecule has 0 aliphatic rings. The monoisotopic (exact) mass is 270 g/mol. The molecule has 0 aliphatic carbocycles. The summed E-state index contributed by atoms with van der Waals surface area (Å²) >= 11 is 0. The van der Waals surface area contributed by atoms with Crippen LogP contribution in [0.3, 0.4) is 0 Å². The molecule has 0 saturated carbocycles. The Morgan fingerprint density at radius 3 is 2.45 bits per heavy atom. The van der Waals surface area contributed by atoms with Crippen LogP contribution in [0, 0.1) is 0 Å². The van der Waals surface area contributed by atoms with Crippen LogP contribution in [-0.2, 0) is 11.2 Å². The highest BCUT2D eigenvalue weighted by molar-refractivity contribution is 5.85. The lowest BCUT2D eigenvalue weighted by Crippen LogP contribution is -2.13. The average molecular weight is 270 g/mol. The van der Waals surface area contributed by atoms with Crippen molar-refractivity contribution in [3.8, 4) is 5.75 Å². The summed E-state index contributed by atoms with van der Waals surface area (Å²) < 4.78 is 5.17. The topological polar surface area (TPSA) is 46.5 Å². The first kappa shape index (κ1) is 14.3. The first-order valence-corrected chi connectivity index (χ1v) is 6.60. The molecule has 20 heavy (non-hydrogen) atoms. The summed E-state index contributed by atoms with van der Waals surface area (Å²) in [4.78, 5) is 12.1. The van der Waals surface area contributed by atoms with E-state index in [1.807, 2.05) is 36.4 Å². The number of ether oxygens (including phenoxy) is 1. The molecule has 3 nitrogen and oxygen atoms in total. The van der Waals surface area contributed by atoms with E-state index >= 15 is 0 Å². The van der Waals surface area contributed by atoms with Gasteiger partial charge >= 0.3 is 0 Å². The van der Waals surface area contributed by atoms with Gasteiger partial charge in [-0.2, -0.15) is 0 Å². The Labute approximate surface area is 118 Å². The first-order chi connectivity index (χ1) is 9.72. The Hall–Kier alpha value is -2.13. The number of benzene rings is 2. The van der Waals surface area contributed by atoms with E-state index < -0.39 is 6.10 Å². The predicted octanol–water partition coefficient (Wildman–Crippen LogP) is 2.93. The van der Waals surface area contributed by atoms with E-state index in [9.17, 15) is 9.90 Å². The maximum atomic E-state index is 12.1. The quantitative estimate of drug-likeness (QED) is 0.878. The maximum Gasteiger partial charge on any atom is 0.166 e. The molecule has 0 spiro atoms. The molecule has 0 radical (unpaired) electrons. The zero-order valence-electron chi connectivity index (χ0n) is 11.5. The van der Waals surface area contributed by atoms with Gasteiger partial charge in [0.1, 0.15) is 11.9 Å². The van der Waals surface area contributed by atoms with E-state index in [-0.39, 0.29) is 5.78 Å². The van der Waals surface area contributed by atoms with E-state index in [0.29, 0.717) is 24.2 Å². The molecule has 2 aromatic carbocycles. The molecule has 1 N–H and O–H groups in total. The van der Waals surface area contributed by atoms with Gasteiger partial charge in [-0.05, 0) is 18.1 Å². The van der Waals surface area contributed by atoms with Crippen molar-refractivity contribution in [3.63, 3.8) is 0 Å². The van der Waals surface area contributed by atoms with Crippen LogP contribution in [-0.4, -0.2) is 18.0 Å². The lowest BCUT2D eigenvalue weighted by atomic mass is 9.99. The first-order valence-electron chi connectivity index (χ1n) is 6.60. The summed E-state index contributed by atoms with van der Waals surface area (Å²) in [6, 6.07) is 16.8. The van der Waals surface area contributed by atoms with Crippen molar-refractivity contribution in [3.05, 3.63) is 65.7 Å². The van der Waals surface area contributed by atoms with Crippen LogP contribution in [0.1, 0.15) is 23.7 Å². The third-order valence-electron chi connectivity index (χ3n) is 3.24. The SMILES string of the molecule is COc1ccccc1C(O)C(=O)CCc1ccccc1. The molecule has 3 heteroatoms. The van der Waals surface area contributed by atoms with E-state index in [1.165, 1.54) is 7.11 Å². The van der Waals surface area contributed by atoms with Crippen molar-refractivity contribution in [2.75, 3.05) is 7.11 Å². The molecule has 1 unspecified atom stereocenters. The van der Waals surface area contributed by atoms with Crippen LogP contribution in [0.2, 0.25) is 0 Å². The molecule has 0 bridgehead atoms. The number of hydrogen-bond donors (Lipinski definition) is 1. The zero-order valence-corrected chi connectivity index (χ0v) is 11.5. The molecule has 2 aromatic rings. The molecule has 0 saturated heterocycles. The van der Waals surface area contributed by atoms with Crippen LogP contribution in [0.5, 0.6) is 5.75 Å². The molecule has 2 rings (SSSR count). The average Bonchev–Trinajstić information content (AvgIpc) is 2.52. The van der Waals surface area contributed by atoms with Gasteiger partial charge in [0.05, 0.1) is 7.11 Å². The number of ketones is 1. The number of methoxy groups -OCH3 is 1. The number of aliphatic hydroxyl groups excluding tert-OH is 1. The second-order valence-electron chi connectivity index (χ2n) is 4.60. The minimum atomic E-state index is -1.13. The van der Waals surface area contributed by atoms with Gasteiger partial charge in [-0.25, -0.2) is 0 Å². The lowest BCUT2D eigenvalue weighted by molar-refractivity contribution is -0.127. The molecule has 104 valence electrons. The van der Waals surface area contributed by atoms with Crippen molar-refractivity contribution in [2.45, 2.75) is 18.9 Å². The third kappa shape index (κ3) is 3.45. The van der Waals surface area contributed by atoms with E-state index in [4.69, 9.17) is 4.74 Å². The molecule has 0 amide bonds.